The summed E-state index contributed by atoms with van der Waals surface area (Å²) in [4.78, 5) is 1.95. The van der Waals surface area contributed by atoms with Gasteiger partial charge in [-0.05, 0) is 20.9 Å². The maximum Gasteiger partial charge on any atom is 0.143 e. The van der Waals surface area contributed by atoms with Crippen LogP contribution in [0, 0.1) is 5.92 Å². The molecule has 14 heavy (non-hydrogen) atoms. The van der Waals surface area contributed by atoms with Crippen LogP contribution in [0.3, 0.4) is 0 Å². The average Bonchev–Trinajstić information content (AvgIpc) is 1.99. The third-order valence-electron chi connectivity index (χ3n) is 1.86. The van der Waals surface area contributed by atoms with Crippen molar-refractivity contribution in [1.82, 2.24) is 4.90 Å². The largest absolute Gasteiger partial charge is 0.409 e. The Kier molecular flexibility index (Phi) is 4.87. The van der Waals surface area contributed by atoms with Gasteiger partial charge in [0.2, 0.25) is 0 Å². The van der Waals surface area contributed by atoms with Crippen LogP contribution in [-0.4, -0.2) is 46.8 Å². The summed E-state index contributed by atoms with van der Waals surface area (Å²) >= 11 is 0. The smallest absolute Gasteiger partial charge is 0.143 e. The van der Waals surface area contributed by atoms with Gasteiger partial charge in [0, 0.05) is 19.0 Å². The van der Waals surface area contributed by atoms with E-state index in [4.69, 9.17) is 10.9 Å². The summed E-state index contributed by atoms with van der Waals surface area (Å²) in [5.74, 6) is 0.194. The fraction of sp³-hybridized carbons (Fsp3) is 0.889. The predicted octanol–water partition coefficient (Wildman–Crippen LogP) is 0.0716. The molecule has 1 atom stereocenters. The lowest BCUT2D eigenvalue weighted by molar-refractivity contribution is 0.0429. The lowest BCUT2D eigenvalue weighted by Gasteiger charge is -2.27. The van der Waals surface area contributed by atoms with Gasteiger partial charge >= 0.3 is 0 Å². The van der Waals surface area contributed by atoms with Gasteiger partial charge in [-0.3, -0.25) is 0 Å². The number of amidine groups is 1. The number of hydrogen-bond acceptors (Lipinski definition) is 4. The van der Waals surface area contributed by atoms with Crippen molar-refractivity contribution in [2.75, 3.05) is 20.1 Å². The molecule has 0 amide bonds. The normalized spacial score (nSPS) is 16.0. The van der Waals surface area contributed by atoms with Gasteiger partial charge in [-0.1, -0.05) is 12.1 Å². The van der Waals surface area contributed by atoms with Crippen molar-refractivity contribution >= 4 is 5.84 Å². The van der Waals surface area contributed by atoms with Gasteiger partial charge in [0.25, 0.3) is 0 Å². The highest BCUT2D eigenvalue weighted by Gasteiger charge is 2.18. The third kappa shape index (κ3) is 5.77. The fourth-order valence-corrected chi connectivity index (χ4v) is 1.38. The Morgan fingerprint density at radius 3 is 2.43 bits per heavy atom. The quantitative estimate of drug-likeness (QED) is 0.256. The van der Waals surface area contributed by atoms with Crippen molar-refractivity contribution in [3.63, 3.8) is 0 Å². The van der Waals surface area contributed by atoms with E-state index in [1.165, 1.54) is 0 Å². The Morgan fingerprint density at radius 2 is 2.07 bits per heavy atom. The molecular formula is C9H21N3O2. The molecule has 0 bridgehead atoms. The van der Waals surface area contributed by atoms with Gasteiger partial charge in [-0.2, -0.15) is 0 Å². The first kappa shape index (κ1) is 13.2. The zero-order valence-electron chi connectivity index (χ0n) is 9.36. The molecule has 0 aromatic carbocycles. The molecule has 4 N–H and O–H groups in total. The number of likely N-dealkylation sites (N-methyl/N-ethyl adjacent to an activating group) is 1. The van der Waals surface area contributed by atoms with E-state index in [0.29, 0.717) is 13.1 Å². The molecular weight excluding hydrogens is 182 g/mol. The first-order valence-electron chi connectivity index (χ1n) is 4.64. The molecule has 0 radical (unpaired) electrons. The van der Waals surface area contributed by atoms with E-state index in [9.17, 15) is 5.11 Å². The molecule has 0 spiro atoms. The van der Waals surface area contributed by atoms with E-state index in [2.05, 4.69) is 5.16 Å². The second kappa shape index (κ2) is 5.17. The zero-order valence-corrected chi connectivity index (χ0v) is 9.36. The Labute approximate surface area is 85.2 Å². The van der Waals surface area contributed by atoms with Crippen LogP contribution in [0.15, 0.2) is 5.16 Å². The number of rotatable bonds is 5. The number of oxime groups is 1. The molecule has 5 nitrogen and oxygen atoms in total. The molecule has 1 unspecified atom stereocenters. The van der Waals surface area contributed by atoms with E-state index in [0.717, 1.165) is 0 Å². The highest BCUT2D eigenvalue weighted by Crippen LogP contribution is 2.05. The number of aliphatic hydroxyl groups is 1. The fourth-order valence-electron chi connectivity index (χ4n) is 1.38. The summed E-state index contributed by atoms with van der Waals surface area (Å²) < 4.78 is 0. The van der Waals surface area contributed by atoms with E-state index in [-0.39, 0.29) is 11.8 Å². The third-order valence-corrected chi connectivity index (χ3v) is 1.86. The maximum atomic E-state index is 9.54. The average molecular weight is 203 g/mol. The SMILES string of the molecule is CC(CN(C)CC(C)(C)O)C(N)=NO. The summed E-state index contributed by atoms with van der Waals surface area (Å²) in [5, 5.41) is 20.9. The summed E-state index contributed by atoms with van der Waals surface area (Å²) in [5.41, 5.74) is 4.72. The van der Waals surface area contributed by atoms with Crippen molar-refractivity contribution < 1.29 is 10.3 Å². The number of nitrogens with zero attached hydrogens (tertiary/aromatic N) is 2. The first-order valence-corrected chi connectivity index (χ1v) is 4.64. The van der Waals surface area contributed by atoms with Gasteiger partial charge in [0.05, 0.1) is 5.60 Å². The van der Waals surface area contributed by atoms with Crippen LogP contribution in [0.4, 0.5) is 0 Å². The second-order valence-electron chi connectivity index (χ2n) is 4.44. The van der Waals surface area contributed by atoms with E-state index in [1.807, 2.05) is 18.9 Å². The topological polar surface area (TPSA) is 82.1 Å². The van der Waals surface area contributed by atoms with Gasteiger partial charge in [-0.15, -0.1) is 0 Å². The predicted molar refractivity (Wildman–Crippen MR) is 56.4 cm³/mol. The lowest BCUT2D eigenvalue weighted by Crippen LogP contribution is -2.40. The van der Waals surface area contributed by atoms with Crippen LogP contribution < -0.4 is 5.73 Å². The lowest BCUT2D eigenvalue weighted by atomic mass is 10.1. The van der Waals surface area contributed by atoms with Crippen molar-refractivity contribution in [1.29, 1.82) is 0 Å². The van der Waals surface area contributed by atoms with E-state index in [1.54, 1.807) is 13.8 Å². The summed E-state index contributed by atoms with van der Waals surface area (Å²) in [6.07, 6.45) is 0. The molecule has 0 fully saturated rings. The molecule has 0 aliphatic heterocycles. The van der Waals surface area contributed by atoms with Crippen molar-refractivity contribution in [2.45, 2.75) is 26.4 Å². The maximum absolute atomic E-state index is 9.54. The summed E-state index contributed by atoms with van der Waals surface area (Å²) in [7, 11) is 1.89. The van der Waals surface area contributed by atoms with E-state index < -0.39 is 5.60 Å². The monoisotopic (exact) mass is 203 g/mol. The highest BCUT2D eigenvalue weighted by molar-refractivity contribution is 5.82. The minimum Gasteiger partial charge on any atom is -0.409 e. The van der Waals surface area contributed by atoms with Crippen LogP contribution in [0.5, 0.6) is 0 Å². The minimum atomic E-state index is -0.723. The molecule has 0 aromatic rings. The van der Waals surface area contributed by atoms with Gasteiger partial charge in [-0.25, -0.2) is 0 Å². The van der Waals surface area contributed by atoms with Crippen LogP contribution in [0.25, 0.3) is 0 Å². The van der Waals surface area contributed by atoms with Crippen LogP contribution in [0.1, 0.15) is 20.8 Å². The molecule has 0 heterocycles. The highest BCUT2D eigenvalue weighted by atomic mass is 16.4. The Bertz CT molecular complexity index is 199. The second-order valence-corrected chi connectivity index (χ2v) is 4.44. The summed E-state index contributed by atoms with van der Waals surface area (Å²) in [6.45, 7) is 6.57. The van der Waals surface area contributed by atoms with Crippen LogP contribution in [-0.2, 0) is 0 Å². The molecule has 0 aromatic heterocycles. The van der Waals surface area contributed by atoms with Crippen molar-refractivity contribution in [2.24, 2.45) is 16.8 Å². The van der Waals surface area contributed by atoms with Crippen LogP contribution >= 0.6 is 0 Å². The van der Waals surface area contributed by atoms with Crippen molar-refractivity contribution in [3.05, 3.63) is 0 Å². The van der Waals surface area contributed by atoms with E-state index >= 15 is 0 Å². The molecule has 0 aliphatic rings. The molecule has 0 saturated heterocycles. The Balaban J connectivity index is 4.01. The summed E-state index contributed by atoms with van der Waals surface area (Å²) in [6, 6.07) is 0. The molecule has 5 heteroatoms. The van der Waals surface area contributed by atoms with Crippen molar-refractivity contribution in [3.8, 4) is 0 Å². The molecule has 84 valence electrons. The minimum absolute atomic E-state index is 0.0210. The number of hydrogen-bond donors (Lipinski definition) is 3. The van der Waals surface area contributed by atoms with Crippen LogP contribution in [0.2, 0.25) is 0 Å². The first-order chi connectivity index (χ1) is 6.26. The Morgan fingerprint density at radius 1 is 1.57 bits per heavy atom. The Hall–Kier alpha value is -0.810. The standard InChI is InChI=1S/C9H21N3O2/c1-7(8(10)11-14)5-12(4)6-9(2,3)13/h7,13-14H,5-6H2,1-4H3,(H2,10,11). The van der Waals surface area contributed by atoms with Gasteiger partial charge < -0.3 is 20.9 Å². The molecule has 0 saturated carbocycles. The molecule has 0 rings (SSSR count). The van der Waals surface area contributed by atoms with Gasteiger partial charge in [0.15, 0.2) is 0 Å². The van der Waals surface area contributed by atoms with Gasteiger partial charge in [0.1, 0.15) is 5.84 Å². The zero-order chi connectivity index (χ0) is 11.4. The molecule has 0 aliphatic carbocycles. The number of nitrogens with two attached hydrogens (primary N) is 1.